The van der Waals surface area contributed by atoms with Gasteiger partial charge in [-0.3, -0.25) is 14.9 Å². The van der Waals surface area contributed by atoms with Gasteiger partial charge in [0.2, 0.25) is 0 Å². The van der Waals surface area contributed by atoms with Crippen LogP contribution in [0.3, 0.4) is 0 Å². The molecule has 0 unspecified atom stereocenters. The molecule has 22 heavy (non-hydrogen) atoms. The van der Waals surface area contributed by atoms with Gasteiger partial charge in [-0.2, -0.15) is 0 Å². The molecule has 1 rings (SSSR count). The molecule has 0 aliphatic carbocycles. The largest absolute Gasteiger partial charge is 0.484 e. The van der Waals surface area contributed by atoms with Crippen LogP contribution in [0.5, 0.6) is 5.75 Å². The fraction of sp³-hybridized carbons (Fsp3) is 0.533. The summed E-state index contributed by atoms with van der Waals surface area (Å²) in [7, 11) is 3.97. The maximum atomic E-state index is 11.8. The summed E-state index contributed by atoms with van der Waals surface area (Å²) in [5.41, 5.74) is -0.0470. The second-order valence-electron chi connectivity index (χ2n) is 6.22. The Morgan fingerprint density at radius 3 is 2.41 bits per heavy atom. The molecule has 1 amide bonds. The molecule has 0 radical (unpaired) electrons. The molecule has 1 N–H and O–H groups in total. The van der Waals surface area contributed by atoms with Gasteiger partial charge >= 0.3 is 0 Å². The molecule has 7 nitrogen and oxygen atoms in total. The molecule has 0 atom stereocenters. The number of benzene rings is 1. The number of hydrogen-bond acceptors (Lipinski definition) is 5. The number of nitrogens with zero attached hydrogens (tertiary/aromatic N) is 2. The number of nitro benzene ring substituents is 1. The molecule has 0 heterocycles. The first-order valence-electron chi connectivity index (χ1n) is 6.98. The van der Waals surface area contributed by atoms with Crippen molar-refractivity contribution in [3.05, 3.63) is 34.4 Å². The first kappa shape index (κ1) is 17.9. The van der Waals surface area contributed by atoms with Gasteiger partial charge in [0, 0.05) is 25.2 Å². The summed E-state index contributed by atoms with van der Waals surface area (Å²) in [5, 5.41) is 13.4. The van der Waals surface area contributed by atoms with Gasteiger partial charge < -0.3 is 15.0 Å². The fourth-order valence-corrected chi connectivity index (χ4v) is 2.11. The lowest BCUT2D eigenvalue weighted by molar-refractivity contribution is -0.384. The summed E-state index contributed by atoms with van der Waals surface area (Å²) < 4.78 is 5.30. The fourth-order valence-electron chi connectivity index (χ4n) is 2.11. The van der Waals surface area contributed by atoms with Gasteiger partial charge in [0.05, 0.1) is 4.92 Å². The van der Waals surface area contributed by atoms with E-state index in [1.165, 1.54) is 24.3 Å². The number of rotatable bonds is 8. The summed E-state index contributed by atoms with van der Waals surface area (Å²) >= 11 is 0. The van der Waals surface area contributed by atoms with Gasteiger partial charge in [-0.25, -0.2) is 0 Å². The minimum absolute atomic E-state index is 0.0118. The van der Waals surface area contributed by atoms with Gasteiger partial charge in [-0.15, -0.1) is 0 Å². The van der Waals surface area contributed by atoms with E-state index in [4.69, 9.17) is 4.74 Å². The molecule has 0 aliphatic heterocycles. The zero-order chi connectivity index (χ0) is 16.8. The SMILES string of the molecule is CN(C)CC(C)(C)CNC(=O)COc1ccc([N+](=O)[O-])cc1. The van der Waals surface area contributed by atoms with E-state index >= 15 is 0 Å². The summed E-state index contributed by atoms with van der Waals surface area (Å²) in [6, 6.07) is 5.63. The lowest BCUT2D eigenvalue weighted by Gasteiger charge is -2.28. The van der Waals surface area contributed by atoms with Crippen LogP contribution >= 0.6 is 0 Å². The molecule has 0 fully saturated rings. The minimum Gasteiger partial charge on any atom is -0.484 e. The predicted molar refractivity (Wildman–Crippen MR) is 83.9 cm³/mol. The summed E-state index contributed by atoms with van der Waals surface area (Å²) in [6.45, 7) is 5.44. The van der Waals surface area contributed by atoms with E-state index in [1.54, 1.807) is 0 Å². The van der Waals surface area contributed by atoms with Crippen molar-refractivity contribution in [3.8, 4) is 5.75 Å². The van der Waals surface area contributed by atoms with E-state index in [0.29, 0.717) is 12.3 Å². The molecule has 0 saturated heterocycles. The third-order valence-electron chi connectivity index (χ3n) is 2.93. The van der Waals surface area contributed by atoms with Crippen molar-refractivity contribution in [2.24, 2.45) is 5.41 Å². The predicted octanol–water partition coefficient (Wildman–Crippen LogP) is 1.68. The third-order valence-corrected chi connectivity index (χ3v) is 2.93. The average Bonchev–Trinajstić information content (AvgIpc) is 2.42. The zero-order valence-corrected chi connectivity index (χ0v) is 13.5. The molecular weight excluding hydrogens is 286 g/mol. The highest BCUT2D eigenvalue weighted by Crippen LogP contribution is 2.17. The number of non-ortho nitro benzene ring substituents is 1. The molecular formula is C15H23N3O4. The van der Waals surface area contributed by atoms with Crippen LogP contribution in [-0.2, 0) is 4.79 Å². The number of carbonyl (C=O) groups is 1. The Labute approximate surface area is 130 Å². The monoisotopic (exact) mass is 309 g/mol. The molecule has 0 bridgehead atoms. The Morgan fingerprint density at radius 2 is 1.91 bits per heavy atom. The van der Waals surface area contributed by atoms with Crippen molar-refractivity contribution >= 4 is 11.6 Å². The van der Waals surface area contributed by atoms with Gasteiger partial charge in [0.1, 0.15) is 5.75 Å². The molecule has 1 aromatic rings. The van der Waals surface area contributed by atoms with Gasteiger partial charge in [0.15, 0.2) is 6.61 Å². The van der Waals surface area contributed by atoms with E-state index in [-0.39, 0.29) is 23.6 Å². The highest BCUT2D eigenvalue weighted by Gasteiger charge is 2.19. The van der Waals surface area contributed by atoms with Crippen molar-refractivity contribution in [1.82, 2.24) is 10.2 Å². The topological polar surface area (TPSA) is 84.7 Å². The van der Waals surface area contributed by atoms with Gasteiger partial charge in [-0.05, 0) is 31.6 Å². The normalized spacial score (nSPS) is 11.3. The lowest BCUT2D eigenvalue weighted by Crippen LogP contribution is -2.41. The molecule has 0 spiro atoms. The lowest BCUT2D eigenvalue weighted by atomic mass is 9.93. The highest BCUT2D eigenvalue weighted by molar-refractivity contribution is 5.77. The maximum absolute atomic E-state index is 11.8. The number of nitro groups is 1. The van der Waals surface area contributed by atoms with Crippen molar-refractivity contribution < 1.29 is 14.5 Å². The van der Waals surface area contributed by atoms with Crippen LogP contribution in [0.4, 0.5) is 5.69 Å². The van der Waals surface area contributed by atoms with E-state index in [2.05, 4.69) is 24.1 Å². The second kappa shape index (κ2) is 7.74. The summed E-state index contributed by atoms with van der Waals surface area (Å²) in [6.07, 6.45) is 0. The number of hydrogen-bond donors (Lipinski definition) is 1. The Balaban J connectivity index is 2.38. The van der Waals surface area contributed by atoms with E-state index in [1.807, 2.05) is 14.1 Å². The van der Waals surface area contributed by atoms with Gasteiger partial charge in [0.25, 0.3) is 11.6 Å². The average molecular weight is 309 g/mol. The number of ether oxygens (including phenoxy) is 1. The van der Waals surface area contributed by atoms with E-state index in [9.17, 15) is 14.9 Å². The van der Waals surface area contributed by atoms with Crippen molar-refractivity contribution in [2.75, 3.05) is 33.8 Å². The van der Waals surface area contributed by atoms with Crippen LogP contribution in [0.25, 0.3) is 0 Å². The summed E-state index contributed by atoms with van der Waals surface area (Å²) in [4.78, 5) is 23.9. The number of amides is 1. The highest BCUT2D eigenvalue weighted by atomic mass is 16.6. The standard InChI is InChI=1S/C15H23N3O4/c1-15(2,11-17(3)4)10-16-14(19)9-22-13-7-5-12(6-8-13)18(20)21/h5-8H,9-11H2,1-4H3,(H,16,19). The molecule has 0 aromatic heterocycles. The molecule has 122 valence electrons. The molecule has 0 aliphatic rings. The van der Waals surface area contributed by atoms with Crippen LogP contribution in [0.15, 0.2) is 24.3 Å². The van der Waals surface area contributed by atoms with Crippen LogP contribution in [0.2, 0.25) is 0 Å². The Bertz CT molecular complexity index is 512. The number of carbonyl (C=O) groups excluding carboxylic acids is 1. The Morgan fingerprint density at radius 1 is 1.32 bits per heavy atom. The molecule has 1 aromatic carbocycles. The third kappa shape index (κ3) is 6.53. The second-order valence-corrected chi connectivity index (χ2v) is 6.22. The van der Waals surface area contributed by atoms with Crippen molar-refractivity contribution in [1.29, 1.82) is 0 Å². The smallest absolute Gasteiger partial charge is 0.269 e. The van der Waals surface area contributed by atoms with Crippen molar-refractivity contribution in [2.45, 2.75) is 13.8 Å². The quantitative estimate of drug-likeness (QED) is 0.583. The number of nitrogens with one attached hydrogen (secondary N) is 1. The minimum atomic E-state index is -0.483. The Kier molecular flexibility index (Phi) is 6.30. The first-order chi connectivity index (χ1) is 10.2. The molecule has 7 heteroatoms. The van der Waals surface area contributed by atoms with Crippen LogP contribution in [0.1, 0.15) is 13.8 Å². The van der Waals surface area contributed by atoms with Crippen LogP contribution in [0, 0.1) is 15.5 Å². The maximum Gasteiger partial charge on any atom is 0.269 e. The first-order valence-corrected chi connectivity index (χ1v) is 6.98. The Hall–Kier alpha value is -2.15. The van der Waals surface area contributed by atoms with E-state index in [0.717, 1.165) is 6.54 Å². The van der Waals surface area contributed by atoms with Crippen LogP contribution in [-0.4, -0.2) is 49.5 Å². The zero-order valence-electron chi connectivity index (χ0n) is 13.5. The van der Waals surface area contributed by atoms with Crippen molar-refractivity contribution in [3.63, 3.8) is 0 Å². The van der Waals surface area contributed by atoms with Gasteiger partial charge in [-0.1, -0.05) is 13.8 Å². The summed E-state index contributed by atoms with van der Waals surface area (Å²) in [5.74, 6) is 0.207. The van der Waals surface area contributed by atoms with Crippen LogP contribution < -0.4 is 10.1 Å². The molecule has 0 saturated carbocycles. The van der Waals surface area contributed by atoms with E-state index < -0.39 is 4.92 Å².